The number of hydrogen-bond acceptors (Lipinski definition) is 6. The Morgan fingerprint density at radius 1 is 1.11 bits per heavy atom. The molecule has 0 aliphatic rings. The lowest BCUT2D eigenvalue weighted by atomic mass is 10.1. The first kappa shape index (κ1) is 18.2. The number of benzene rings is 2. The molecule has 0 saturated heterocycles. The molecule has 0 radical (unpaired) electrons. The van der Waals surface area contributed by atoms with Gasteiger partial charge in [0.05, 0.1) is 0 Å². The number of carbonyl (C=O) groups is 2. The highest BCUT2D eigenvalue weighted by Crippen LogP contribution is 2.35. The standard InChI is InChI=1S/C19H13N3O4S/c20-9-15-14-8-12(27-11-4-2-1-3-5-11)6-7-13(14)18(25)17(22-15)19(26)21-10-16(23)24/h1-8,25H,10H2,(H,21,26)(H,23,24). The number of hydrogen-bond donors (Lipinski definition) is 3. The highest BCUT2D eigenvalue weighted by molar-refractivity contribution is 7.99. The van der Waals surface area contributed by atoms with E-state index in [1.807, 2.05) is 36.4 Å². The number of pyridine rings is 1. The van der Waals surface area contributed by atoms with Crippen LogP contribution in [0, 0.1) is 11.3 Å². The Balaban J connectivity index is 2.02. The van der Waals surface area contributed by atoms with Gasteiger partial charge in [0.1, 0.15) is 18.3 Å². The number of nitrogens with one attached hydrogen (secondary N) is 1. The van der Waals surface area contributed by atoms with Gasteiger partial charge < -0.3 is 15.5 Å². The third-order valence-electron chi connectivity index (χ3n) is 3.65. The monoisotopic (exact) mass is 379 g/mol. The van der Waals surface area contributed by atoms with Crippen molar-refractivity contribution >= 4 is 34.4 Å². The summed E-state index contributed by atoms with van der Waals surface area (Å²) in [5.74, 6) is -2.49. The maximum atomic E-state index is 12.1. The predicted molar refractivity (Wildman–Crippen MR) is 98.7 cm³/mol. The van der Waals surface area contributed by atoms with Crippen molar-refractivity contribution in [3.8, 4) is 11.8 Å². The number of carboxylic acid groups (broad SMARTS) is 1. The minimum Gasteiger partial charge on any atom is -0.505 e. The summed E-state index contributed by atoms with van der Waals surface area (Å²) in [6.07, 6.45) is 0. The van der Waals surface area contributed by atoms with Crippen LogP contribution in [0.25, 0.3) is 10.8 Å². The van der Waals surface area contributed by atoms with Crippen LogP contribution in [-0.2, 0) is 4.79 Å². The lowest BCUT2D eigenvalue weighted by molar-refractivity contribution is -0.135. The zero-order chi connectivity index (χ0) is 19.4. The molecule has 27 heavy (non-hydrogen) atoms. The number of carboxylic acids is 1. The molecule has 1 aromatic heterocycles. The largest absolute Gasteiger partial charge is 0.505 e. The van der Waals surface area contributed by atoms with Gasteiger partial charge in [-0.2, -0.15) is 5.26 Å². The zero-order valence-electron chi connectivity index (χ0n) is 13.8. The van der Waals surface area contributed by atoms with Gasteiger partial charge in [0, 0.05) is 20.6 Å². The molecule has 2 aromatic carbocycles. The maximum Gasteiger partial charge on any atom is 0.322 e. The van der Waals surface area contributed by atoms with E-state index in [1.54, 1.807) is 18.2 Å². The summed E-state index contributed by atoms with van der Waals surface area (Å²) in [5.41, 5.74) is -0.414. The van der Waals surface area contributed by atoms with Crippen molar-refractivity contribution in [3.05, 3.63) is 59.9 Å². The second-order valence-electron chi connectivity index (χ2n) is 5.47. The first-order valence-electron chi connectivity index (χ1n) is 7.79. The van der Waals surface area contributed by atoms with E-state index < -0.39 is 24.2 Å². The zero-order valence-corrected chi connectivity index (χ0v) is 14.7. The van der Waals surface area contributed by atoms with Crippen LogP contribution in [0.3, 0.4) is 0 Å². The van der Waals surface area contributed by atoms with Crippen LogP contribution in [0.15, 0.2) is 58.3 Å². The van der Waals surface area contributed by atoms with Gasteiger partial charge in [0.2, 0.25) is 0 Å². The van der Waals surface area contributed by atoms with Crippen LogP contribution in [0.5, 0.6) is 5.75 Å². The Morgan fingerprint density at radius 3 is 2.52 bits per heavy atom. The van der Waals surface area contributed by atoms with Gasteiger partial charge in [-0.1, -0.05) is 30.0 Å². The molecule has 0 bridgehead atoms. The molecule has 134 valence electrons. The fraction of sp³-hybridized carbons (Fsp3) is 0.0526. The second-order valence-corrected chi connectivity index (χ2v) is 6.62. The topological polar surface area (TPSA) is 123 Å². The Hall–Kier alpha value is -3.57. The highest BCUT2D eigenvalue weighted by Gasteiger charge is 2.20. The van der Waals surface area contributed by atoms with Crippen molar-refractivity contribution < 1.29 is 19.8 Å². The number of nitriles is 1. The van der Waals surface area contributed by atoms with E-state index in [4.69, 9.17) is 5.11 Å². The first-order valence-corrected chi connectivity index (χ1v) is 8.61. The molecule has 0 saturated carbocycles. The predicted octanol–water partition coefficient (Wildman–Crippen LogP) is 2.78. The number of aliphatic carboxylic acids is 1. The average Bonchev–Trinajstić information content (AvgIpc) is 2.67. The molecular formula is C19H13N3O4S. The fourth-order valence-corrected chi connectivity index (χ4v) is 3.33. The fourth-order valence-electron chi connectivity index (χ4n) is 2.45. The lowest BCUT2D eigenvalue weighted by Crippen LogP contribution is -2.30. The molecule has 3 aromatic rings. The molecule has 0 aliphatic heterocycles. The maximum absolute atomic E-state index is 12.1. The van der Waals surface area contributed by atoms with Gasteiger partial charge in [-0.15, -0.1) is 0 Å². The number of nitrogens with zero attached hydrogens (tertiary/aromatic N) is 2. The Labute approximate surface area is 158 Å². The molecular weight excluding hydrogens is 366 g/mol. The van der Waals surface area contributed by atoms with Crippen LogP contribution < -0.4 is 5.32 Å². The van der Waals surface area contributed by atoms with E-state index in [0.29, 0.717) is 10.8 Å². The lowest BCUT2D eigenvalue weighted by Gasteiger charge is -2.10. The molecule has 1 amide bonds. The van der Waals surface area contributed by atoms with Crippen LogP contribution in [0.4, 0.5) is 0 Å². The molecule has 0 fully saturated rings. The quantitative estimate of drug-likeness (QED) is 0.623. The van der Waals surface area contributed by atoms with Gasteiger partial charge in [0.25, 0.3) is 5.91 Å². The third kappa shape index (κ3) is 3.99. The van der Waals surface area contributed by atoms with Gasteiger partial charge in [-0.3, -0.25) is 9.59 Å². The van der Waals surface area contributed by atoms with Crippen molar-refractivity contribution in [2.24, 2.45) is 0 Å². The summed E-state index contributed by atoms with van der Waals surface area (Å²) in [7, 11) is 0. The molecule has 7 nitrogen and oxygen atoms in total. The van der Waals surface area contributed by atoms with Gasteiger partial charge >= 0.3 is 5.97 Å². The number of amides is 1. The minimum absolute atomic E-state index is 0.0289. The van der Waals surface area contributed by atoms with Crippen LogP contribution in [0.2, 0.25) is 0 Å². The van der Waals surface area contributed by atoms with Crippen molar-refractivity contribution in [2.45, 2.75) is 9.79 Å². The molecule has 0 aliphatic carbocycles. The van der Waals surface area contributed by atoms with Crippen LogP contribution >= 0.6 is 11.8 Å². The molecule has 3 N–H and O–H groups in total. The van der Waals surface area contributed by atoms with Crippen LogP contribution in [-0.4, -0.2) is 33.6 Å². The summed E-state index contributed by atoms with van der Waals surface area (Å²) in [4.78, 5) is 28.4. The SMILES string of the molecule is N#Cc1nc(C(=O)NCC(=O)O)c(O)c2ccc(Sc3ccccc3)cc12. The molecule has 0 unspecified atom stereocenters. The summed E-state index contributed by atoms with van der Waals surface area (Å²) >= 11 is 1.49. The molecule has 8 heteroatoms. The van der Waals surface area contributed by atoms with E-state index in [2.05, 4.69) is 10.3 Å². The van der Waals surface area contributed by atoms with Gasteiger partial charge in [-0.05, 0) is 30.3 Å². The number of aromatic nitrogens is 1. The van der Waals surface area contributed by atoms with E-state index >= 15 is 0 Å². The van der Waals surface area contributed by atoms with Crippen molar-refractivity contribution in [1.29, 1.82) is 5.26 Å². The van der Waals surface area contributed by atoms with Crippen molar-refractivity contribution in [1.82, 2.24) is 10.3 Å². The number of aromatic hydroxyl groups is 1. The van der Waals surface area contributed by atoms with Crippen molar-refractivity contribution in [3.63, 3.8) is 0 Å². The second kappa shape index (κ2) is 7.76. The molecule has 0 spiro atoms. The van der Waals surface area contributed by atoms with E-state index in [0.717, 1.165) is 9.79 Å². The molecule has 1 heterocycles. The van der Waals surface area contributed by atoms with Gasteiger partial charge in [0.15, 0.2) is 11.4 Å². The van der Waals surface area contributed by atoms with Gasteiger partial charge in [-0.25, -0.2) is 4.98 Å². The minimum atomic E-state index is -1.23. The number of fused-ring (bicyclic) bond motifs is 1. The summed E-state index contributed by atoms with van der Waals surface area (Å²) in [5, 5.41) is 31.3. The Kier molecular flexibility index (Phi) is 5.24. The average molecular weight is 379 g/mol. The van der Waals surface area contributed by atoms with Crippen molar-refractivity contribution in [2.75, 3.05) is 6.54 Å². The smallest absolute Gasteiger partial charge is 0.322 e. The third-order valence-corrected chi connectivity index (χ3v) is 4.65. The normalized spacial score (nSPS) is 10.3. The van der Waals surface area contributed by atoms with E-state index in [-0.39, 0.29) is 11.4 Å². The number of rotatable bonds is 5. The molecule has 0 atom stereocenters. The summed E-state index contributed by atoms with van der Waals surface area (Å²) < 4.78 is 0. The highest BCUT2D eigenvalue weighted by atomic mass is 32.2. The molecule has 3 rings (SSSR count). The van der Waals surface area contributed by atoms with E-state index in [9.17, 15) is 20.0 Å². The first-order chi connectivity index (χ1) is 13.0. The van der Waals surface area contributed by atoms with Crippen LogP contribution in [0.1, 0.15) is 16.2 Å². The Bertz CT molecular complexity index is 1080. The number of carbonyl (C=O) groups excluding carboxylic acids is 1. The summed E-state index contributed by atoms with van der Waals surface area (Å²) in [6.45, 7) is -0.619. The Morgan fingerprint density at radius 2 is 1.85 bits per heavy atom. The summed E-state index contributed by atoms with van der Waals surface area (Å²) in [6, 6.07) is 16.7. The van der Waals surface area contributed by atoms with E-state index in [1.165, 1.54) is 11.8 Å².